The lowest BCUT2D eigenvalue weighted by molar-refractivity contribution is 0.101. The van der Waals surface area contributed by atoms with E-state index in [1.54, 1.807) is 18.2 Å². The highest BCUT2D eigenvalue weighted by molar-refractivity contribution is 6.30. The normalized spacial score (nSPS) is 14.8. The van der Waals surface area contributed by atoms with Gasteiger partial charge in [-0.05, 0) is 78.9 Å². The van der Waals surface area contributed by atoms with Gasteiger partial charge < -0.3 is 20.1 Å². The lowest BCUT2D eigenvalue weighted by atomic mass is 9.96. The first-order valence-electron chi connectivity index (χ1n) is 14.5. The van der Waals surface area contributed by atoms with Crippen LogP contribution in [0.1, 0.15) is 45.1 Å². The van der Waals surface area contributed by atoms with Crippen molar-refractivity contribution in [3.05, 3.63) is 124 Å². The zero-order valence-corrected chi connectivity index (χ0v) is 25.0. The molecule has 1 unspecified atom stereocenters. The number of phenols is 1. The van der Waals surface area contributed by atoms with Crippen LogP contribution in [0.5, 0.6) is 11.5 Å². The second-order valence-electron chi connectivity index (χ2n) is 10.9. The predicted molar refractivity (Wildman–Crippen MR) is 170 cm³/mol. The molecule has 2 N–H and O–H groups in total. The number of amides is 1. The highest BCUT2D eigenvalue weighted by atomic mass is 35.5. The van der Waals surface area contributed by atoms with Gasteiger partial charge in [0.05, 0.1) is 18.2 Å². The van der Waals surface area contributed by atoms with Crippen LogP contribution in [-0.4, -0.2) is 60.1 Å². The molecule has 0 radical (unpaired) electrons. The van der Waals surface area contributed by atoms with E-state index < -0.39 is 0 Å². The molecular formula is C35H38ClN3O3. The smallest absolute Gasteiger partial charge is 0.259 e. The Morgan fingerprint density at radius 1 is 0.881 bits per heavy atom. The molecular weight excluding hydrogens is 546 g/mol. The SMILES string of the molecule is Cc1cc(NC(=O)c2ccccc2OCCCN2CCN(C(c3ccccc3)c3ccc(Cl)cc3)CC2)cc(C)c1O. The summed E-state index contributed by atoms with van der Waals surface area (Å²) in [6.07, 6.45) is 0.867. The highest BCUT2D eigenvalue weighted by Crippen LogP contribution is 2.31. The molecule has 7 heteroatoms. The molecule has 218 valence electrons. The molecule has 4 aromatic carbocycles. The van der Waals surface area contributed by atoms with Crippen molar-refractivity contribution in [1.82, 2.24) is 9.80 Å². The number of hydrogen-bond donors (Lipinski definition) is 2. The number of nitrogens with zero attached hydrogens (tertiary/aromatic N) is 2. The summed E-state index contributed by atoms with van der Waals surface area (Å²) in [7, 11) is 0. The van der Waals surface area contributed by atoms with Crippen molar-refractivity contribution in [3.63, 3.8) is 0 Å². The molecule has 1 heterocycles. The van der Waals surface area contributed by atoms with Gasteiger partial charge in [0, 0.05) is 43.4 Å². The van der Waals surface area contributed by atoms with Gasteiger partial charge in [0.15, 0.2) is 0 Å². The quantitative estimate of drug-likeness (QED) is 0.154. The number of carbonyl (C=O) groups is 1. The monoisotopic (exact) mass is 583 g/mol. The zero-order valence-electron chi connectivity index (χ0n) is 24.2. The van der Waals surface area contributed by atoms with Crippen LogP contribution in [0.25, 0.3) is 0 Å². The van der Waals surface area contributed by atoms with Crippen LogP contribution in [0.15, 0.2) is 91.0 Å². The largest absolute Gasteiger partial charge is 0.507 e. The van der Waals surface area contributed by atoms with Crippen molar-refractivity contribution >= 4 is 23.2 Å². The lowest BCUT2D eigenvalue weighted by Crippen LogP contribution is -2.48. The molecule has 1 saturated heterocycles. The van der Waals surface area contributed by atoms with E-state index in [-0.39, 0.29) is 17.7 Å². The molecule has 1 amide bonds. The Balaban J connectivity index is 1.13. The van der Waals surface area contributed by atoms with E-state index in [0.29, 0.717) is 23.6 Å². The predicted octanol–water partition coefficient (Wildman–Crippen LogP) is 7.09. The maximum Gasteiger partial charge on any atom is 0.259 e. The molecule has 1 fully saturated rings. The summed E-state index contributed by atoms with van der Waals surface area (Å²) in [4.78, 5) is 18.1. The van der Waals surface area contributed by atoms with Crippen LogP contribution in [-0.2, 0) is 0 Å². The number of hydrogen-bond acceptors (Lipinski definition) is 5. The Kier molecular flexibility index (Phi) is 9.80. The summed E-state index contributed by atoms with van der Waals surface area (Å²) >= 11 is 6.18. The number of aryl methyl sites for hydroxylation is 2. The van der Waals surface area contributed by atoms with Crippen LogP contribution in [0.4, 0.5) is 5.69 Å². The molecule has 5 rings (SSSR count). The Hall–Kier alpha value is -3.84. The number of rotatable bonds is 10. The average Bonchev–Trinajstić information content (AvgIpc) is 3.00. The van der Waals surface area contributed by atoms with Crippen LogP contribution in [0.3, 0.4) is 0 Å². The molecule has 0 saturated carbocycles. The van der Waals surface area contributed by atoms with E-state index in [2.05, 4.69) is 57.6 Å². The van der Waals surface area contributed by atoms with Gasteiger partial charge in [-0.1, -0.05) is 66.2 Å². The average molecular weight is 584 g/mol. The van der Waals surface area contributed by atoms with Crippen LogP contribution < -0.4 is 10.1 Å². The van der Waals surface area contributed by atoms with E-state index in [9.17, 15) is 9.90 Å². The first-order chi connectivity index (χ1) is 20.4. The fraction of sp³-hybridized carbons (Fsp3) is 0.286. The van der Waals surface area contributed by atoms with Gasteiger partial charge in [-0.25, -0.2) is 0 Å². The second kappa shape index (κ2) is 13.9. The molecule has 0 spiro atoms. The molecule has 0 bridgehead atoms. The first kappa shape index (κ1) is 29.6. The summed E-state index contributed by atoms with van der Waals surface area (Å²) < 4.78 is 6.09. The number of aromatic hydroxyl groups is 1. The van der Waals surface area contributed by atoms with Crippen LogP contribution >= 0.6 is 11.6 Å². The maximum atomic E-state index is 13.1. The Morgan fingerprint density at radius 3 is 2.19 bits per heavy atom. The van der Waals surface area contributed by atoms with Crippen molar-refractivity contribution in [2.45, 2.75) is 26.3 Å². The van der Waals surface area contributed by atoms with Gasteiger partial charge in [0.1, 0.15) is 11.5 Å². The van der Waals surface area contributed by atoms with Gasteiger partial charge in [0.2, 0.25) is 0 Å². The van der Waals surface area contributed by atoms with Gasteiger partial charge in [0.25, 0.3) is 5.91 Å². The Morgan fingerprint density at radius 2 is 1.50 bits per heavy atom. The molecule has 1 aliphatic heterocycles. The minimum atomic E-state index is -0.236. The van der Waals surface area contributed by atoms with Crippen molar-refractivity contribution in [3.8, 4) is 11.5 Å². The fourth-order valence-electron chi connectivity index (χ4n) is 5.62. The number of ether oxygens (including phenoxy) is 1. The van der Waals surface area contributed by atoms with Crippen molar-refractivity contribution < 1.29 is 14.6 Å². The third-order valence-electron chi connectivity index (χ3n) is 7.83. The highest BCUT2D eigenvalue weighted by Gasteiger charge is 2.26. The van der Waals surface area contributed by atoms with Crippen molar-refractivity contribution in [2.75, 3.05) is 44.6 Å². The van der Waals surface area contributed by atoms with Gasteiger partial charge >= 0.3 is 0 Å². The van der Waals surface area contributed by atoms with Crippen LogP contribution in [0, 0.1) is 13.8 Å². The van der Waals surface area contributed by atoms with Gasteiger partial charge in [-0.3, -0.25) is 9.69 Å². The molecule has 4 aromatic rings. The third-order valence-corrected chi connectivity index (χ3v) is 8.08. The second-order valence-corrected chi connectivity index (χ2v) is 11.3. The first-order valence-corrected chi connectivity index (χ1v) is 14.9. The number of carbonyl (C=O) groups excluding carboxylic acids is 1. The number of anilines is 1. The number of halogens is 1. The van der Waals surface area contributed by atoms with Crippen molar-refractivity contribution in [2.24, 2.45) is 0 Å². The Labute approximate surface area is 253 Å². The minimum absolute atomic E-state index is 0.200. The molecule has 0 aliphatic carbocycles. The topological polar surface area (TPSA) is 65.0 Å². The molecule has 42 heavy (non-hydrogen) atoms. The zero-order chi connectivity index (χ0) is 29.5. The van der Waals surface area contributed by atoms with E-state index in [1.807, 2.05) is 44.2 Å². The lowest BCUT2D eigenvalue weighted by Gasteiger charge is -2.39. The summed E-state index contributed by atoms with van der Waals surface area (Å²) in [5.41, 5.74) is 5.12. The number of nitrogens with one attached hydrogen (secondary N) is 1. The molecule has 0 aromatic heterocycles. The standard InChI is InChI=1S/C35H38ClN3O3/c1-25-23-30(24-26(2)34(25)40)37-35(41)31-11-6-7-12-32(31)42-22-8-17-38-18-20-39(21-19-38)33(27-9-4-3-5-10-27)28-13-15-29(36)16-14-28/h3-7,9-16,23-24,33,40H,8,17-22H2,1-2H3,(H,37,41). The Bertz CT molecular complexity index is 1460. The number of benzene rings is 4. The van der Waals surface area contributed by atoms with E-state index in [1.165, 1.54) is 11.1 Å². The molecule has 1 atom stereocenters. The fourth-order valence-corrected chi connectivity index (χ4v) is 5.74. The minimum Gasteiger partial charge on any atom is -0.507 e. The van der Waals surface area contributed by atoms with Crippen LogP contribution in [0.2, 0.25) is 5.02 Å². The molecule has 6 nitrogen and oxygen atoms in total. The van der Waals surface area contributed by atoms with E-state index >= 15 is 0 Å². The summed E-state index contributed by atoms with van der Waals surface area (Å²) in [5.74, 6) is 0.580. The number of piperazine rings is 1. The summed E-state index contributed by atoms with van der Waals surface area (Å²) in [5, 5.41) is 13.7. The molecule has 1 aliphatic rings. The number of para-hydroxylation sites is 1. The van der Waals surface area contributed by atoms with Gasteiger partial charge in [-0.2, -0.15) is 0 Å². The summed E-state index contributed by atoms with van der Waals surface area (Å²) in [6, 6.07) is 29.9. The van der Waals surface area contributed by atoms with E-state index in [4.69, 9.17) is 16.3 Å². The summed E-state index contributed by atoms with van der Waals surface area (Å²) in [6.45, 7) is 9.02. The van der Waals surface area contributed by atoms with Crippen molar-refractivity contribution in [1.29, 1.82) is 0 Å². The number of phenolic OH excluding ortho intramolecular Hbond substituents is 1. The maximum absolute atomic E-state index is 13.1. The van der Waals surface area contributed by atoms with E-state index in [0.717, 1.165) is 55.3 Å². The third kappa shape index (κ3) is 7.32. The van der Waals surface area contributed by atoms with Gasteiger partial charge in [-0.15, -0.1) is 0 Å².